The van der Waals surface area contributed by atoms with E-state index in [0.29, 0.717) is 23.7 Å². The highest BCUT2D eigenvalue weighted by Gasteiger charge is 2.38. The summed E-state index contributed by atoms with van der Waals surface area (Å²) in [5.41, 5.74) is 0.583. The van der Waals surface area contributed by atoms with Crippen LogP contribution in [-0.2, 0) is 0 Å². The van der Waals surface area contributed by atoms with Crippen LogP contribution in [0.2, 0.25) is 0 Å². The normalized spacial score (nSPS) is 19.3. The van der Waals surface area contributed by atoms with E-state index in [1.807, 2.05) is 0 Å². The maximum absolute atomic E-state index is 12.7. The van der Waals surface area contributed by atoms with Crippen LogP contribution in [0.5, 0.6) is 11.5 Å². The monoisotopic (exact) mass is 348 g/mol. The average Bonchev–Trinajstić information content (AvgIpc) is 2.49. The Morgan fingerprint density at radius 3 is 2.40 bits per heavy atom. The Labute approximate surface area is 151 Å². The predicted molar refractivity (Wildman–Crippen MR) is 101 cm³/mol. The summed E-state index contributed by atoms with van der Waals surface area (Å²) in [6.45, 7) is 11.4. The Morgan fingerprint density at radius 2 is 1.84 bits per heavy atom. The lowest BCUT2D eigenvalue weighted by Gasteiger charge is -2.46. The lowest BCUT2D eigenvalue weighted by molar-refractivity contribution is 0.0872. The molecule has 1 amide bonds. The number of piperidine rings is 1. The molecule has 0 radical (unpaired) electrons. The number of nitrogens with one attached hydrogen (secondary N) is 2. The van der Waals surface area contributed by atoms with Crippen molar-refractivity contribution in [1.29, 1.82) is 0 Å². The summed E-state index contributed by atoms with van der Waals surface area (Å²) in [6.07, 6.45) is 2.72. The van der Waals surface area contributed by atoms with Crippen molar-refractivity contribution in [1.82, 2.24) is 10.6 Å². The van der Waals surface area contributed by atoms with Gasteiger partial charge in [-0.3, -0.25) is 4.79 Å². The lowest BCUT2D eigenvalue weighted by atomic mass is 9.79. The summed E-state index contributed by atoms with van der Waals surface area (Å²) < 4.78 is 11.0. The van der Waals surface area contributed by atoms with Gasteiger partial charge in [-0.1, -0.05) is 6.92 Å². The summed E-state index contributed by atoms with van der Waals surface area (Å²) in [5, 5.41) is 6.82. The smallest absolute Gasteiger partial charge is 0.251 e. The van der Waals surface area contributed by atoms with Crippen LogP contribution in [-0.4, -0.2) is 36.7 Å². The molecule has 1 aromatic carbocycles. The molecular weight excluding hydrogens is 316 g/mol. The van der Waals surface area contributed by atoms with E-state index in [2.05, 4.69) is 45.3 Å². The third kappa shape index (κ3) is 5.36. The third-order valence-electron chi connectivity index (χ3n) is 4.41. The number of hydrogen-bond donors (Lipinski definition) is 2. The first-order valence-corrected chi connectivity index (χ1v) is 9.07. The molecular formula is C20H32N2O3. The molecule has 0 aromatic heterocycles. The Kier molecular flexibility index (Phi) is 5.99. The van der Waals surface area contributed by atoms with Gasteiger partial charge in [-0.25, -0.2) is 0 Å². The van der Waals surface area contributed by atoms with E-state index in [0.717, 1.165) is 19.3 Å². The van der Waals surface area contributed by atoms with Gasteiger partial charge in [0, 0.05) is 22.7 Å². The van der Waals surface area contributed by atoms with Crippen molar-refractivity contribution in [2.24, 2.45) is 0 Å². The van der Waals surface area contributed by atoms with Gasteiger partial charge in [0.2, 0.25) is 0 Å². The summed E-state index contributed by atoms with van der Waals surface area (Å²) in [6, 6.07) is 5.48. The molecule has 25 heavy (non-hydrogen) atoms. The number of benzene rings is 1. The maximum Gasteiger partial charge on any atom is 0.251 e. The number of carbonyl (C=O) groups excluding carboxylic acids is 1. The molecule has 0 atom stereocenters. The van der Waals surface area contributed by atoms with Crippen LogP contribution < -0.4 is 20.1 Å². The third-order valence-corrected chi connectivity index (χ3v) is 4.41. The molecule has 1 heterocycles. The fourth-order valence-electron chi connectivity index (χ4n) is 3.83. The summed E-state index contributed by atoms with van der Waals surface area (Å²) in [7, 11) is 1.59. The van der Waals surface area contributed by atoms with Gasteiger partial charge in [0.15, 0.2) is 11.5 Å². The van der Waals surface area contributed by atoms with Gasteiger partial charge in [-0.2, -0.15) is 0 Å². The molecule has 2 rings (SSSR count). The highest BCUT2D eigenvalue weighted by Crippen LogP contribution is 2.30. The molecule has 0 spiro atoms. The van der Waals surface area contributed by atoms with Crippen molar-refractivity contribution < 1.29 is 14.3 Å². The SMILES string of the molecule is CCCOc1ccc(C(=O)NC2CC(C)(C)NC(C)(C)C2)cc1OC. The molecule has 1 aliphatic rings. The van der Waals surface area contributed by atoms with Crippen LogP contribution in [0.1, 0.15) is 64.2 Å². The summed E-state index contributed by atoms with van der Waals surface area (Å²) in [5.74, 6) is 1.19. The molecule has 1 aromatic rings. The van der Waals surface area contributed by atoms with Crippen molar-refractivity contribution in [3.8, 4) is 11.5 Å². The zero-order valence-electron chi connectivity index (χ0n) is 16.4. The number of amides is 1. The molecule has 2 N–H and O–H groups in total. The van der Waals surface area contributed by atoms with E-state index < -0.39 is 0 Å². The van der Waals surface area contributed by atoms with Gasteiger partial charge in [0.1, 0.15) is 0 Å². The van der Waals surface area contributed by atoms with Crippen molar-refractivity contribution in [2.45, 2.75) is 71.0 Å². The van der Waals surface area contributed by atoms with Crippen molar-refractivity contribution in [3.63, 3.8) is 0 Å². The van der Waals surface area contributed by atoms with E-state index in [1.54, 1.807) is 25.3 Å². The van der Waals surface area contributed by atoms with E-state index in [1.165, 1.54) is 0 Å². The zero-order valence-corrected chi connectivity index (χ0v) is 16.4. The Morgan fingerprint density at radius 1 is 1.20 bits per heavy atom. The summed E-state index contributed by atoms with van der Waals surface area (Å²) >= 11 is 0. The van der Waals surface area contributed by atoms with Crippen LogP contribution in [0.15, 0.2) is 18.2 Å². The second-order valence-electron chi connectivity index (χ2n) is 8.19. The van der Waals surface area contributed by atoms with Gasteiger partial charge in [0.25, 0.3) is 5.91 Å². The van der Waals surface area contributed by atoms with Crippen molar-refractivity contribution in [3.05, 3.63) is 23.8 Å². The number of ether oxygens (including phenoxy) is 2. The van der Waals surface area contributed by atoms with Gasteiger partial charge in [-0.05, 0) is 65.2 Å². The summed E-state index contributed by atoms with van der Waals surface area (Å²) in [4.78, 5) is 12.7. The molecule has 0 saturated carbocycles. The molecule has 5 heteroatoms. The highest BCUT2D eigenvalue weighted by atomic mass is 16.5. The van der Waals surface area contributed by atoms with Gasteiger partial charge in [-0.15, -0.1) is 0 Å². The quantitative estimate of drug-likeness (QED) is 0.826. The Hall–Kier alpha value is -1.75. The molecule has 0 bridgehead atoms. The number of hydrogen-bond acceptors (Lipinski definition) is 4. The lowest BCUT2D eigenvalue weighted by Crippen LogP contribution is -2.62. The largest absolute Gasteiger partial charge is 0.493 e. The Balaban J connectivity index is 2.10. The second-order valence-corrected chi connectivity index (χ2v) is 8.19. The zero-order chi connectivity index (χ0) is 18.7. The molecule has 1 fully saturated rings. The van der Waals surface area contributed by atoms with E-state index >= 15 is 0 Å². The second kappa shape index (κ2) is 7.65. The molecule has 1 saturated heterocycles. The molecule has 0 aliphatic carbocycles. The van der Waals surface area contributed by atoms with Crippen molar-refractivity contribution >= 4 is 5.91 Å². The highest BCUT2D eigenvalue weighted by molar-refractivity contribution is 5.95. The predicted octanol–water partition coefficient (Wildman–Crippen LogP) is 3.52. The van der Waals surface area contributed by atoms with E-state index in [4.69, 9.17) is 9.47 Å². The molecule has 1 aliphatic heterocycles. The minimum Gasteiger partial charge on any atom is -0.493 e. The fraction of sp³-hybridized carbons (Fsp3) is 0.650. The number of carbonyl (C=O) groups is 1. The van der Waals surface area contributed by atoms with Crippen LogP contribution in [0.25, 0.3) is 0 Å². The van der Waals surface area contributed by atoms with Crippen LogP contribution in [0.3, 0.4) is 0 Å². The number of rotatable bonds is 6. The first-order chi connectivity index (χ1) is 11.7. The van der Waals surface area contributed by atoms with E-state index in [-0.39, 0.29) is 23.0 Å². The molecule has 5 nitrogen and oxygen atoms in total. The van der Waals surface area contributed by atoms with E-state index in [9.17, 15) is 4.79 Å². The minimum atomic E-state index is -0.0705. The number of methoxy groups -OCH3 is 1. The van der Waals surface area contributed by atoms with Crippen LogP contribution >= 0.6 is 0 Å². The maximum atomic E-state index is 12.7. The van der Waals surface area contributed by atoms with Crippen LogP contribution in [0.4, 0.5) is 0 Å². The fourth-order valence-corrected chi connectivity index (χ4v) is 3.83. The molecule has 0 unspecified atom stereocenters. The first kappa shape index (κ1) is 19.6. The minimum absolute atomic E-state index is 0.00473. The van der Waals surface area contributed by atoms with Gasteiger partial charge in [0.05, 0.1) is 13.7 Å². The van der Waals surface area contributed by atoms with Gasteiger partial charge < -0.3 is 20.1 Å². The van der Waals surface area contributed by atoms with Crippen LogP contribution in [0, 0.1) is 0 Å². The topological polar surface area (TPSA) is 59.6 Å². The van der Waals surface area contributed by atoms with Crippen molar-refractivity contribution in [2.75, 3.05) is 13.7 Å². The first-order valence-electron chi connectivity index (χ1n) is 9.07. The molecule has 140 valence electrons. The van der Waals surface area contributed by atoms with Gasteiger partial charge >= 0.3 is 0 Å². The standard InChI is InChI=1S/C20H32N2O3/c1-7-10-25-16-9-8-14(11-17(16)24-6)18(23)21-15-12-19(2,3)22-20(4,5)13-15/h8-9,11,15,22H,7,10,12-13H2,1-6H3,(H,21,23). The Bertz CT molecular complexity index is 595. The average molecular weight is 348 g/mol.